The molecule has 18 heavy (non-hydrogen) atoms. The molecule has 0 heterocycles. The van der Waals surface area contributed by atoms with Crippen LogP contribution in [0.5, 0.6) is 0 Å². The van der Waals surface area contributed by atoms with Crippen LogP contribution < -0.4 is 5.73 Å². The van der Waals surface area contributed by atoms with Gasteiger partial charge in [-0.2, -0.15) is 11.8 Å². The normalized spacial score (nSPS) is 14.8. The summed E-state index contributed by atoms with van der Waals surface area (Å²) in [4.78, 5) is 2.55. The molecule has 0 amide bonds. The largest absolute Gasteiger partial charge is 0.329 e. The molecule has 1 unspecified atom stereocenters. The van der Waals surface area contributed by atoms with E-state index in [9.17, 15) is 0 Å². The Morgan fingerprint density at radius 2 is 1.50 bits per heavy atom. The molecule has 2 N–H and O–H groups in total. The van der Waals surface area contributed by atoms with Gasteiger partial charge in [0.2, 0.25) is 0 Å². The number of thioether (sulfide) groups is 1. The minimum atomic E-state index is 0.164. The Bertz CT molecular complexity index is 207. The van der Waals surface area contributed by atoms with Crippen LogP contribution in [0.15, 0.2) is 0 Å². The monoisotopic (exact) mass is 274 g/mol. The van der Waals surface area contributed by atoms with Gasteiger partial charge in [0.05, 0.1) is 0 Å². The second kappa shape index (κ2) is 8.44. The highest BCUT2D eigenvalue weighted by Gasteiger charge is 2.36. The minimum absolute atomic E-state index is 0.164. The van der Waals surface area contributed by atoms with Crippen LogP contribution in [0.1, 0.15) is 47.5 Å². The molecule has 0 rings (SSSR count). The van der Waals surface area contributed by atoms with E-state index < -0.39 is 0 Å². The van der Waals surface area contributed by atoms with Crippen LogP contribution in [0.25, 0.3) is 0 Å². The van der Waals surface area contributed by atoms with E-state index in [1.54, 1.807) is 0 Å². The number of hydrogen-bond donors (Lipinski definition) is 1. The predicted molar refractivity (Wildman–Crippen MR) is 86.3 cm³/mol. The molecule has 0 saturated heterocycles. The van der Waals surface area contributed by atoms with Gasteiger partial charge >= 0.3 is 0 Å². The molecule has 0 aromatic heterocycles. The first-order valence-electron chi connectivity index (χ1n) is 7.21. The maximum atomic E-state index is 6.19. The molecule has 0 aliphatic heterocycles. The highest BCUT2D eigenvalue weighted by molar-refractivity contribution is 7.98. The van der Waals surface area contributed by atoms with Crippen LogP contribution in [0.2, 0.25) is 0 Å². The Kier molecular flexibility index (Phi) is 8.57. The Hall–Kier alpha value is 0.270. The summed E-state index contributed by atoms with van der Waals surface area (Å²) in [5.41, 5.74) is 6.35. The van der Waals surface area contributed by atoms with E-state index >= 15 is 0 Å². The molecule has 0 fully saturated rings. The first kappa shape index (κ1) is 18.3. The van der Waals surface area contributed by atoms with Crippen molar-refractivity contribution in [1.29, 1.82) is 0 Å². The molecule has 0 radical (unpaired) electrons. The van der Waals surface area contributed by atoms with Gasteiger partial charge < -0.3 is 5.73 Å². The van der Waals surface area contributed by atoms with Crippen molar-refractivity contribution in [2.24, 2.45) is 17.6 Å². The molecule has 3 heteroatoms. The van der Waals surface area contributed by atoms with Crippen molar-refractivity contribution >= 4 is 11.8 Å². The fourth-order valence-corrected chi connectivity index (χ4v) is 3.73. The van der Waals surface area contributed by atoms with E-state index in [2.05, 4.69) is 52.8 Å². The molecule has 0 aromatic rings. The molecule has 1 atom stereocenters. The third-order valence-corrected chi connectivity index (χ3v) is 4.59. The Morgan fingerprint density at radius 1 is 1.06 bits per heavy atom. The number of rotatable bonds is 9. The van der Waals surface area contributed by atoms with Gasteiger partial charge in [-0.3, -0.25) is 4.90 Å². The second-order valence-corrected chi connectivity index (χ2v) is 7.45. The van der Waals surface area contributed by atoms with Crippen LogP contribution >= 0.6 is 11.8 Å². The molecule has 0 bridgehead atoms. The first-order valence-corrected chi connectivity index (χ1v) is 8.60. The fourth-order valence-electron chi connectivity index (χ4n) is 3.02. The summed E-state index contributed by atoms with van der Waals surface area (Å²) in [6.07, 6.45) is 4.56. The van der Waals surface area contributed by atoms with Crippen molar-refractivity contribution in [2.45, 2.75) is 59.0 Å². The highest BCUT2D eigenvalue weighted by atomic mass is 32.2. The van der Waals surface area contributed by atoms with E-state index in [0.717, 1.165) is 6.54 Å². The first-order chi connectivity index (χ1) is 8.29. The average Bonchev–Trinajstić information content (AvgIpc) is 2.26. The van der Waals surface area contributed by atoms with E-state index in [-0.39, 0.29) is 5.54 Å². The van der Waals surface area contributed by atoms with Crippen LogP contribution in [0.4, 0.5) is 0 Å². The standard InChI is InChI=1S/C15H34N2S/c1-12(2)8-15(11-16,9-13(3)4)17(6)14(5)10-18-7/h12-14H,8-11,16H2,1-7H3. The number of hydrogen-bond acceptors (Lipinski definition) is 3. The van der Waals surface area contributed by atoms with Gasteiger partial charge in [0, 0.05) is 23.9 Å². The molecule has 0 spiro atoms. The lowest BCUT2D eigenvalue weighted by molar-refractivity contribution is 0.0536. The lowest BCUT2D eigenvalue weighted by Crippen LogP contribution is -2.57. The zero-order chi connectivity index (χ0) is 14.3. The van der Waals surface area contributed by atoms with Gasteiger partial charge in [-0.25, -0.2) is 0 Å². The summed E-state index contributed by atoms with van der Waals surface area (Å²) in [6.45, 7) is 12.3. The molecule has 0 saturated carbocycles. The van der Waals surface area contributed by atoms with E-state index in [1.165, 1.54) is 18.6 Å². The summed E-state index contributed by atoms with van der Waals surface area (Å²) < 4.78 is 0. The summed E-state index contributed by atoms with van der Waals surface area (Å²) in [5.74, 6) is 2.56. The van der Waals surface area contributed by atoms with Crippen molar-refractivity contribution in [3.63, 3.8) is 0 Å². The van der Waals surface area contributed by atoms with Gasteiger partial charge in [0.1, 0.15) is 0 Å². The van der Waals surface area contributed by atoms with Gasteiger partial charge in [-0.05, 0) is 44.9 Å². The Labute approximate surface area is 119 Å². The lowest BCUT2D eigenvalue weighted by atomic mass is 9.80. The third kappa shape index (κ3) is 5.50. The van der Waals surface area contributed by atoms with Crippen LogP contribution in [0, 0.1) is 11.8 Å². The molecule has 0 aliphatic carbocycles. The van der Waals surface area contributed by atoms with E-state index in [1.807, 2.05) is 11.8 Å². The zero-order valence-electron chi connectivity index (χ0n) is 13.5. The van der Waals surface area contributed by atoms with Crippen molar-refractivity contribution in [3.05, 3.63) is 0 Å². The van der Waals surface area contributed by atoms with Crippen molar-refractivity contribution in [1.82, 2.24) is 4.90 Å². The molecular weight excluding hydrogens is 240 g/mol. The van der Waals surface area contributed by atoms with E-state index in [0.29, 0.717) is 17.9 Å². The smallest absolute Gasteiger partial charge is 0.0336 e. The Morgan fingerprint density at radius 3 is 1.78 bits per heavy atom. The predicted octanol–water partition coefficient (Wildman–Crippen LogP) is 3.46. The van der Waals surface area contributed by atoms with Gasteiger partial charge in [-0.15, -0.1) is 0 Å². The Balaban J connectivity index is 5.01. The number of likely N-dealkylation sites (N-methyl/N-ethyl adjacent to an activating group) is 1. The van der Waals surface area contributed by atoms with Crippen molar-refractivity contribution in [2.75, 3.05) is 25.6 Å². The minimum Gasteiger partial charge on any atom is -0.329 e. The second-order valence-electron chi connectivity index (χ2n) is 6.54. The van der Waals surface area contributed by atoms with Gasteiger partial charge in [0.15, 0.2) is 0 Å². The van der Waals surface area contributed by atoms with E-state index in [4.69, 9.17) is 5.73 Å². The fraction of sp³-hybridized carbons (Fsp3) is 1.00. The number of nitrogens with zero attached hydrogens (tertiary/aromatic N) is 1. The highest BCUT2D eigenvalue weighted by Crippen LogP contribution is 2.31. The number of nitrogens with two attached hydrogens (primary N) is 1. The molecule has 0 aliphatic rings. The maximum Gasteiger partial charge on any atom is 0.0336 e. The molecular formula is C15H34N2S. The molecule has 0 aromatic carbocycles. The molecule has 110 valence electrons. The summed E-state index contributed by atoms with van der Waals surface area (Å²) in [7, 11) is 2.26. The van der Waals surface area contributed by atoms with Crippen molar-refractivity contribution in [3.8, 4) is 0 Å². The summed E-state index contributed by atoms with van der Waals surface area (Å²) in [5, 5.41) is 0. The maximum absolute atomic E-state index is 6.19. The van der Waals surface area contributed by atoms with Gasteiger partial charge in [0.25, 0.3) is 0 Å². The van der Waals surface area contributed by atoms with Crippen LogP contribution in [-0.2, 0) is 0 Å². The SMILES string of the molecule is CSCC(C)N(C)C(CN)(CC(C)C)CC(C)C. The quantitative estimate of drug-likeness (QED) is 0.698. The topological polar surface area (TPSA) is 29.3 Å². The van der Waals surface area contributed by atoms with Crippen LogP contribution in [0.3, 0.4) is 0 Å². The summed E-state index contributed by atoms with van der Waals surface area (Å²) in [6, 6.07) is 0.584. The van der Waals surface area contributed by atoms with Crippen molar-refractivity contribution < 1.29 is 0 Å². The molecule has 2 nitrogen and oxygen atoms in total. The summed E-state index contributed by atoms with van der Waals surface area (Å²) >= 11 is 1.92. The third-order valence-electron chi connectivity index (χ3n) is 3.77. The van der Waals surface area contributed by atoms with Gasteiger partial charge in [-0.1, -0.05) is 27.7 Å². The lowest BCUT2D eigenvalue weighted by Gasteiger charge is -2.46. The zero-order valence-corrected chi connectivity index (χ0v) is 14.3. The average molecular weight is 275 g/mol. The van der Waals surface area contributed by atoms with Crippen LogP contribution in [-0.4, -0.2) is 42.1 Å².